The van der Waals surface area contributed by atoms with Crippen LogP contribution in [0.3, 0.4) is 0 Å². The van der Waals surface area contributed by atoms with Gasteiger partial charge in [-0.25, -0.2) is 0 Å². The molecule has 1 unspecified atom stereocenters. The number of aliphatic hydroxyl groups is 1. The zero-order valence-corrected chi connectivity index (χ0v) is 8.96. The molecule has 0 heterocycles. The van der Waals surface area contributed by atoms with Gasteiger partial charge in [0.15, 0.2) is 0 Å². The Balaban J connectivity index is 2.28. The van der Waals surface area contributed by atoms with Gasteiger partial charge >= 0.3 is 0 Å². The third-order valence-corrected chi connectivity index (χ3v) is 2.81. The lowest BCUT2D eigenvalue weighted by Gasteiger charge is -2.15. The second-order valence-electron chi connectivity index (χ2n) is 4.10. The fourth-order valence-corrected chi connectivity index (χ4v) is 1.81. The highest BCUT2D eigenvalue weighted by Crippen LogP contribution is 2.39. The quantitative estimate of drug-likeness (QED) is 0.649. The van der Waals surface area contributed by atoms with Crippen molar-refractivity contribution in [2.24, 2.45) is 11.8 Å². The summed E-state index contributed by atoms with van der Waals surface area (Å²) < 4.78 is 0. The lowest BCUT2D eigenvalue weighted by molar-refractivity contribution is -0.126. The second-order valence-corrected chi connectivity index (χ2v) is 4.10. The molecular formula is C11H21NO2. The minimum atomic E-state index is 0.0386. The fourth-order valence-electron chi connectivity index (χ4n) is 1.81. The van der Waals surface area contributed by atoms with Gasteiger partial charge in [0.1, 0.15) is 0 Å². The first kappa shape index (κ1) is 11.5. The summed E-state index contributed by atoms with van der Waals surface area (Å²) in [6.45, 7) is 2.58. The van der Waals surface area contributed by atoms with E-state index in [-0.39, 0.29) is 18.4 Å². The Morgan fingerprint density at radius 3 is 2.79 bits per heavy atom. The smallest absolute Gasteiger partial charge is 0.223 e. The molecule has 0 saturated heterocycles. The van der Waals surface area contributed by atoms with Crippen LogP contribution in [0.15, 0.2) is 0 Å². The van der Waals surface area contributed by atoms with E-state index in [4.69, 9.17) is 5.11 Å². The zero-order chi connectivity index (χ0) is 10.4. The minimum absolute atomic E-state index is 0.0386. The molecule has 0 aromatic carbocycles. The number of carbonyl (C=O) groups is 1. The van der Waals surface area contributed by atoms with Gasteiger partial charge in [0.25, 0.3) is 0 Å². The third-order valence-electron chi connectivity index (χ3n) is 2.81. The number of rotatable bonds is 7. The van der Waals surface area contributed by atoms with Crippen molar-refractivity contribution in [3.05, 3.63) is 0 Å². The van der Waals surface area contributed by atoms with Crippen molar-refractivity contribution in [1.29, 1.82) is 0 Å². The van der Waals surface area contributed by atoms with Gasteiger partial charge in [0, 0.05) is 12.5 Å². The molecule has 1 aliphatic rings. The van der Waals surface area contributed by atoms with Crippen LogP contribution in [0.1, 0.15) is 39.0 Å². The number of hydrogen-bond donors (Lipinski definition) is 2. The summed E-state index contributed by atoms with van der Waals surface area (Å²) in [7, 11) is 0. The SMILES string of the molecule is CCCCC(C(=O)NCCO)C1CC1. The van der Waals surface area contributed by atoms with E-state index in [1.165, 1.54) is 12.8 Å². The summed E-state index contributed by atoms with van der Waals surface area (Å²) in [5, 5.41) is 11.4. The second kappa shape index (κ2) is 6.02. The van der Waals surface area contributed by atoms with E-state index in [1.54, 1.807) is 0 Å². The van der Waals surface area contributed by atoms with Crippen LogP contribution in [0, 0.1) is 11.8 Å². The summed E-state index contributed by atoms with van der Waals surface area (Å²) in [6, 6.07) is 0. The maximum absolute atomic E-state index is 11.7. The van der Waals surface area contributed by atoms with E-state index < -0.39 is 0 Å². The van der Waals surface area contributed by atoms with Crippen LogP contribution in [0.25, 0.3) is 0 Å². The van der Waals surface area contributed by atoms with Crippen LogP contribution in [-0.2, 0) is 4.79 Å². The Bertz CT molecular complexity index is 178. The molecule has 0 bridgehead atoms. The number of aliphatic hydroxyl groups excluding tert-OH is 1. The van der Waals surface area contributed by atoms with Gasteiger partial charge in [-0.3, -0.25) is 4.79 Å². The molecule has 0 aromatic heterocycles. The van der Waals surface area contributed by atoms with Crippen molar-refractivity contribution in [3.8, 4) is 0 Å². The number of unbranched alkanes of at least 4 members (excludes halogenated alkanes) is 1. The van der Waals surface area contributed by atoms with Crippen LogP contribution in [0.2, 0.25) is 0 Å². The first-order valence-corrected chi connectivity index (χ1v) is 5.68. The average Bonchev–Trinajstić information content (AvgIpc) is 2.99. The molecule has 1 amide bonds. The minimum Gasteiger partial charge on any atom is -0.395 e. The van der Waals surface area contributed by atoms with E-state index in [1.807, 2.05) is 0 Å². The normalized spacial score (nSPS) is 17.9. The molecule has 1 fully saturated rings. The van der Waals surface area contributed by atoms with Crippen molar-refractivity contribution >= 4 is 5.91 Å². The Hall–Kier alpha value is -0.570. The van der Waals surface area contributed by atoms with Crippen molar-refractivity contribution in [2.75, 3.05) is 13.2 Å². The van der Waals surface area contributed by atoms with Crippen molar-refractivity contribution < 1.29 is 9.90 Å². The molecule has 1 atom stereocenters. The Morgan fingerprint density at radius 2 is 2.29 bits per heavy atom. The molecule has 0 radical (unpaired) electrons. The van der Waals surface area contributed by atoms with Gasteiger partial charge in [0.2, 0.25) is 5.91 Å². The van der Waals surface area contributed by atoms with Gasteiger partial charge in [-0.2, -0.15) is 0 Å². The predicted octanol–water partition coefficient (Wildman–Crippen LogP) is 1.31. The molecule has 82 valence electrons. The van der Waals surface area contributed by atoms with Crippen LogP contribution in [0.4, 0.5) is 0 Å². The van der Waals surface area contributed by atoms with Crippen LogP contribution < -0.4 is 5.32 Å². The molecule has 0 spiro atoms. The number of carbonyl (C=O) groups excluding carboxylic acids is 1. The maximum atomic E-state index is 11.7. The molecule has 3 heteroatoms. The topological polar surface area (TPSA) is 49.3 Å². The number of amides is 1. The van der Waals surface area contributed by atoms with Crippen LogP contribution in [0.5, 0.6) is 0 Å². The monoisotopic (exact) mass is 199 g/mol. The zero-order valence-electron chi connectivity index (χ0n) is 8.96. The summed E-state index contributed by atoms with van der Waals surface area (Å²) >= 11 is 0. The maximum Gasteiger partial charge on any atom is 0.223 e. The van der Waals surface area contributed by atoms with E-state index in [9.17, 15) is 4.79 Å². The summed E-state index contributed by atoms with van der Waals surface area (Å²) in [5.41, 5.74) is 0. The van der Waals surface area contributed by atoms with Crippen LogP contribution >= 0.6 is 0 Å². The molecule has 14 heavy (non-hydrogen) atoms. The highest BCUT2D eigenvalue weighted by molar-refractivity contribution is 5.79. The predicted molar refractivity (Wildman–Crippen MR) is 55.8 cm³/mol. The van der Waals surface area contributed by atoms with Gasteiger partial charge in [-0.1, -0.05) is 19.8 Å². The molecule has 1 aliphatic carbocycles. The average molecular weight is 199 g/mol. The molecule has 3 nitrogen and oxygen atoms in total. The van der Waals surface area contributed by atoms with E-state index in [0.717, 1.165) is 19.3 Å². The lowest BCUT2D eigenvalue weighted by atomic mass is 9.96. The van der Waals surface area contributed by atoms with E-state index in [2.05, 4.69) is 12.2 Å². The number of nitrogens with one attached hydrogen (secondary N) is 1. The van der Waals surface area contributed by atoms with Gasteiger partial charge in [-0.15, -0.1) is 0 Å². The third kappa shape index (κ3) is 3.66. The van der Waals surface area contributed by atoms with Crippen molar-refractivity contribution in [1.82, 2.24) is 5.32 Å². The number of hydrogen-bond acceptors (Lipinski definition) is 2. The lowest BCUT2D eigenvalue weighted by Crippen LogP contribution is -2.33. The standard InChI is InChI=1S/C11H21NO2/c1-2-3-4-10(9-5-6-9)11(14)12-7-8-13/h9-10,13H,2-8H2,1H3,(H,12,14). The molecule has 1 rings (SSSR count). The fraction of sp³-hybridized carbons (Fsp3) is 0.909. The largest absolute Gasteiger partial charge is 0.395 e. The molecule has 2 N–H and O–H groups in total. The van der Waals surface area contributed by atoms with E-state index in [0.29, 0.717) is 12.5 Å². The molecule has 0 aromatic rings. The van der Waals surface area contributed by atoms with Gasteiger partial charge in [0.05, 0.1) is 6.61 Å². The summed E-state index contributed by atoms with van der Waals surface area (Å²) in [5.74, 6) is 0.983. The molecular weight excluding hydrogens is 178 g/mol. The van der Waals surface area contributed by atoms with Gasteiger partial charge in [-0.05, 0) is 25.2 Å². The van der Waals surface area contributed by atoms with Crippen molar-refractivity contribution in [2.45, 2.75) is 39.0 Å². The Kier molecular flexibility index (Phi) is 4.94. The molecule has 1 saturated carbocycles. The van der Waals surface area contributed by atoms with Crippen molar-refractivity contribution in [3.63, 3.8) is 0 Å². The first-order valence-electron chi connectivity index (χ1n) is 5.68. The summed E-state index contributed by atoms with van der Waals surface area (Å²) in [4.78, 5) is 11.7. The van der Waals surface area contributed by atoms with Gasteiger partial charge < -0.3 is 10.4 Å². The summed E-state index contributed by atoms with van der Waals surface area (Å²) in [6.07, 6.45) is 5.71. The van der Waals surface area contributed by atoms with Crippen LogP contribution in [-0.4, -0.2) is 24.2 Å². The first-order chi connectivity index (χ1) is 6.79. The Labute approximate surface area is 85.9 Å². The highest BCUT2D eigenvalue weighted by atomic mass is 16.3. The molecule has 0 aliphatic heterocycles. The Morgan fingerprint density at radius 1 is 1.57 bits per heavy atom. The highest BCUT2D eigenvalue weighted by Gasteiger charge is 2.35. The van der Waals surface area contributed by atoms with E-state index >= 15 is 0 Å².